The molecule has 0 atom stereocenters. The van der Waals surface area contributed by atoms with Crippen molar-refractivity contribution < 1.29 is 9.59 Å². The van der Waals surface area contributed by atoms with E-state index in [2.05, 4.69) is 15.2 Å². The number of fused-ring (bicyclic) bond motifs is 1. The van der Waals surface area contributed by atoms with Crippen LogP contribution < -0.4 is 5.32 Å². The molecule has 0 unspecified atom stereocenters. The van der Waals surface area contributed by atoms with Crippen molar-refractivity contribution >= 4 is 22.7 Å². The average molecular weight is 409 g/mol. The lowest BCUT2D eigenvalue weighted by atomic mass is 9.92. The van der Waals surface area contributed by atoms with E-state index in [1.165, 1.54) is 0 Å². The number of benzene rings is 1. The summed E-state index contributed by atoms with van der Waals surface area (Å²) in [7, 11) is 0. The zero-order valence-corrected chi connectivity index (χ0v) is 18.0. The van der Waals surface area contributed by atoms with Crippen LogP contribution in [0, 0.1) is 5.92 Å². The third-order valence-electron chi connectivity index (χ3n) is 6.45. The van der Waals surface area contributed by atoms with E-state index in [9.17, 15) is 9.59 Å². The van der Waals surface area contributed by atoms with E-state index in [0.717, 1.165) is 68.3 Å². The molecule has 1 aromatic carbocycles. The summed E-state index contributed by atoms with van der Waals surface area (Å²) in [5, 5.41) is 4.05. The van der Waals surface area contributed by atoms with Crippen molar-refractivity contribution in [1.82, 2.24) is 20.1 Å². The van der Waals surface area contributed by atoms with Gasteiger partial charge in [0.1, 0.15) is 0 Å². The Kier molecular flexibility index (Phi) is 6.32. The van der Waals surface area contributed by atoms with Crippen LogP contribution in [-0.2, 0) is 4.79 Å². The first-order valence-electron chi connectivity index (χ1n) is 11.2. The van der Waals surface area contributed by atoms with Gasteiger partial charge in [0.2, 0.25) is 5.91 Å². The number of hydrogen-bond donors (Lipinski definition) is 1. The minimum atomic E-state index is 0.114. The molecule has 0 spiro atoms. The largest absolute Gasteiger partial charge is 0.354 e. The Balaban J connectivity index is 1.28. The Bertz CT molecular complexity index is 897. The van der Waals surface area contributed by atoms with E-state index < -0.39 is 0 Å². The summed E-state index contributed by atoms with van der Waals surface area (Å²) in [6, 6.07) is 10.4. The molecule has 0 aliphatic carbocycles. The van der Waals surface area contributed by atoms with Crippen LogP contribution in [0.15, 0.2) is 36.5 Å². The molecule has 1 aromatic heterocycles. The Labute approximate surface area is 178 Å². The molecule has 2 amide bonds. The van der Waals surface area contributed by atoms with Crippen molar-refractivity contribution in [1.29, 1.82) is 0 Å². The molecule has 30 heavy (non-hydrogen) atoms. The predicted octanol–water partition coefficient (Wildman–Crippen LogP) is 3.08. The minimum Gasteiger partial charge on any atom is -0.354 e. The van der Waals surface area contributed by atoms with Crippen molar-refractivity contribution in [3.05, 3.63) is 42.1 Å². The fourth-order valence-electron chi connectivity index (χ4n) is 4.75. The molecule has 3 heterocycles. The zero-order chi connectivity index (χ0) is 21.1. The second-order valence-corrected chi connectivity index (χ2v) is 8.91. The van der Waals surface area contributed by atoms with E-state index in [1.54, 1.807) is 6.20 Å². The summed E-state index contributed by atoms with van der Waals surface area (Å²) in [5.41, 5.74) is 1.66. The molecule has 2 aliphatic rings. The molecule has 0 bridgehead atoms. The molecule has 0 saturated carbocycles. The van der Waals surface area contributed by atoms with Gasteiger partial charge < -0.3 is 15.1 Å². The number of nitrogens with zero attached hydrogens (tertiary/aromatic N) is 3. The highest BCUT2D eigenvalue weighted by molar-refractivity contribution is 5.98. The van der Waals surface area contributed by atoms with Gasteiger partial charge in [-0.15, -0.1) is 0 Å². The number of nitrogens with one attached hydrogen (secondary N) is 1. The fraction of sp³-hybridized carbons (Fsp3) is 0.542. The normalized spacial score (nSPS) is 19.4. The van der Waals surface area contributed by atoms with E-state index in [4.69, 9.17) is 0 Å². The zero-order valence-electron chi connectivity index (χ0n) is 18.0. The molecule has 2 aromatic rings. The van der Waals surface area contributed by atoms with Crippen LogP contribution in [0.3, 0.4) is 0 Å². The maximum absolute atomic E-state index is 13.0. The fourth-order valence-corrected chi connectivity index (χ4v) is 4.75. The molecular formula is C24H32N4O2. The van der Waals surface area contributed by atoms with Gasteiger partial charge >= 0.3 is 0 Å². The Morgan fingerprint density at radius 3 is 2.47 bits per heavy atom. The van der Waals surface area contributed by atoms with Crippen LogP contribution >= 0.6 is 0 Å². The van der Waals surface area contributed by atoms with Crippen molar-refractivity contribution in [3.8, 4) is 0 Å². The topological polar surface area (TPSA) is 65.5 Å². The molecule has 6 heteroatoms. The van der Waals surface area contributed by atoms with Crippen LogP contribution in [0.5, 0.6) is 0 Å². The second kappa shape index (κ2) is 9.13. The number of hydrogen-bond acceptors (Lipinski definition) is 4. The summed E-state index contributed by atoms with van der Waals surface area (Å²) < 4.78 is 0. The molecule has 160 valence electrons. The third-order valence-corrected chi connectivity index (χ3v) is 6.45. The lowest BCUT2D eigenvalue weighted by molar-refractivity contribution is -0.127. The number of likely N-dealkylation sites (tertiary alicyclic amines) is 2. The average Bonchev–Trinajstić information content (AvgIpc) is 2.78. The Hall–Kier alpha value is -2.47. The van der Waals surface area contributed by atoms with Gasteiger partial charge in [-0.25, -0.2) is 0 Å². The quantitative estimate of drug-likeness (QED) is 0.844. The summed E-state index contributed by atoms with van der Waals surface area (Å²) in [4.78, 5) is 34.1. The van der Waals surface area contributed by atoms with Crippen LogP contribution in [0.4, 0.5) is 0 Å². The van der Waals surface area contributed by atoms with Gasteiger partial charge in [-0.1, -0.05) is 6.07 Å². The SMILES string of the molecule is CC(C)NC(=O)C1CCN(C2CCN(C(=O)c3ccc4ncccc4c3)CC2)CC1. The van der Waals surface area contributed by atoms with E-state index >= 15 is 0 Å². The number of amides is 2. The second-order valence-electron chi connectivity index (χ2n) is 8.91. The van der Waals surface area contributed by atoms with Crippen LogP contribution in [0.2, 0.25) is 0 Å². The molecule has 0 radical (unpaired) electrons. The standard InChI is InChI=1S/C24H32N4O2/c1-17(2)26-23(29)18-7-12-27(13-8-18)21-9-14-28(15-10-21)24(30)20-5-6-22-19(16-20)4-3-11-25-22/h3-6,11,16-18,21H,7-10,12-15H2,1-2H3,(H,26,29). The summed E-state index contributed by atoms with van der Waals surface area (Å²) in [6.45, 7) is 7.57. The van der Waals surface area contributed by atoms with Crippen LogP contribution in [0.25, 0.3) is 10.9 Å². The number of pyridine rings is 1. The van der Waals surface area contributed by atoms with Crippen LogP contribution in [-0.4, -0.2) is 64.9 Å². The van der Waals surface area contributed by atoms with E-state index in [1.807, 2.05) is 49.1 Å². The lowest BCUT2D eigenvalue weighted by Crippen LogP contribution is -2.50. The van der Waals surface area contributed by atoms with Gasteiger partial charge in [-0.2, -0.15) is 0 Å². The Morgan fingerprint density at radius 2 is 1.77 bits per heavy atom. The monoisotopic (exact) mass is 408 g/mol. The number of carbonyl (C=O) groups is 2. The van der Waals surface area contributed by atoms with Gasteiger partial charge in [0, 0.05) is 48.2 Å². The summed E-state index contributed by atoms with van der Waals surface area (Å²) in [6.07, 6.45) is 5.65. The van der Waals surface area contributed by atoms with E-state index in [-0.39, 0.29) is 23.8 Å². The lowest BCUT2D eigenvalue weighted by Gasteiger charge is -2.41. The highest BCUT2D eigenvalue weighted by Gasteiger charge is 2.32. The first-order valence-corrected chi connectivity index (χ1v) is 11.2. The molecule has 2 aliphatic heterocycles. The number of carbonyl (C=O) groups excluding carboxylic acids is 2. The Morgan fingerprint density at radius 1 is 1.03 bits per heavy atom. The highest BCUT2D eigenvalue weighted by Crippen LogP contribution is 2.25. The maximum Gasteiger partial charge on any atom is 0.253 e. The van der Waals surface area contributed by atoms with Gasteiger partial charge in [-0.3, -0.25) is 14.6 Å². The molecule has 4 rings (SSSR count). The van der Waals surface area contributed by atoms with Crippen molar-refractivity contribution in [2.75, 3.05) is 26.2 Å². The first kappa shape index (κ1) is 20.8. The molecule has 2 saturated heterocycles. The first-order chi connectivity index (χ1) is 14.5. The summed E-state index contributed by atoms with van der Waals surface area (Å²) >= 11 is 0. The number of piperidine rings is 2. The van der Waals surface area contributed by atoms with Crippen molar-refractivity contribution in [3.63, 3.8) is 0 Å². The predicted molar refractivity (Wildman–Crippen MR) is 118 cm³/mol. The van der Waals surface area contributed by atoms with Gasteiger partial charge in [0.25, 0.3) is 5.91 Å². The molecule has 2 fully saturated rings. The number of rotatable bonds is 4. The smallest absolute Gasteiger partial charge is 0.253 e. The van der Waals surface area contributed by atoms with Crippen molar-refractivity contribution in [2.45, 2.75) is 51.6 Å². The van der Waals surface area contributed by atoms with Crippen LogP contribution in [0.1, 0.15) is 49.9 Å². The summed E-state index contributed by atoms with van der Waals surface area (Å²) in [5.74, 6) is 0.464. The highest BCUT2D eigenvalue weighted by atomic mass is 16.2. The third kappa shape index (κ3) is 4.64. The van der Waals surface area contributed by atoms with E-state index in [0.29, 0.717) is 6.04 Å². The van der Waals surface area contributed by atoms with Gasteiger partial charge in [-0.05, 0) is 76.9 Å². The minimum absolute atomic E-state index is 0.114. The molecular weight excluding hydrogens is 376 g/mol. The molecule has 1 N–H and O–H groups in total. The van der Waals surface area contributed by atoms with Crippen molar-refractivity contribution in [2.24, 2.45) is 5.92 Å². The number of aromatic nitrogens is 1. The maximum atomic E-state index is 13.0. The van der Waals surface area contributed by atoms with Gasteiger partial charge in [0.15, 0.2) is 0 Å². The molecule has 6 nitrogen and oxygen atoms in total. The van der Waals surface area contributed by atoms with Gasteiger partial charge in [0.05, 0.1) is 5.52 Å².